The molecular formula is C19H26O2. The summed E-state index contributed by atoms with van der Waals surface area (Å²) in [6.45, 7) is 4.59. The van der Waals surface area contributed by atoms with Gasteiger partial charge in [0.05, 0.1) is 6.10 Å². The Morgan fingerprint density at radius 2 is 2.05 bits per heavy atom. The van der Waals surface area contributed by atoms with Crippen LogP contribution in [0.2, 0.25) is 0 Å². The van der Waals surface area contributed by atoms with Gasteiger partial charge in [0.25, 0.3) is 0 Å². The third kappa shape index (κ3) is 1.72. The monoisotopic (exact) mass is 286 g/mol. The van der Waals surface area contributed by atoms with Gasteiger partial charge in [0, 0.05) is 17.3 Å². The number of hydrogen-bond acceptors (Lipinski definition) is 2. The van der Waals surface area contributed by atoms with E-state index in [0.717, 1.165) is 38.5 Å². The highest BCUT2D eigenvalue weighted by atomic mass is 16.3. The number of carbonyl (C=O) groups is 1. The normalized spacial score (nSPS) is 52.0. The summed E-state index contributed by atoms with van der Waals surface area (Å²) < 4.78 is 0. The molecule has 4 aliphatic rings. The summed E-state index contributed by atoms with van der Waals surface area (Å²) >= 11 is 0. The van der Waals surface area contributed by atoms with Crippen LogP contribution in [-0.4, -0.2) is 17.0 Å². The van der Waals surface area contributed by atoms with E-state index in [-0.39, 0.29) is 16.9 Å². The van der Waals surface area contributed by atoms with Crippen molar-refractivity contribution < 1.29 is 9.90 Å². The standard InChI is InChI=1S/C19H26O2/c1-18-9-7-13(20)11-12(18)3-4-14-15-5-6-17(21)19(15,2)10-8-16(14)18/h3,7,9,13-16,20H,4-6,8,10-11H2,1-2H3/t13?,14-,15-,16+,18-,19-/m0/s1. The molecule has 0 amide bonds. The van der Waals surface area contributed by atoms with Crippen molar-refractivity contribution in [2.24, 2.45) is 28.6 Å². The first-order chi connectivity index (χ1) is 9.95. The molecule has 4 rings (SSSR count). The molecule has 1 N–H and O–H groups in total. The van der Waals surface area contributed by atoms with Crippen molar-refractivity contribution in [3.8, 4) is 0 Å². The molecule has 6 atom stereocenters. The number of aliphatic hydroxyl groups excluding tert-OH is 1. The fourth-order valence-corrected chi connectivity index (χ4v) is 6.01. The zero-order valence-corrected chi connectivity index (χ0v) is 13.1. The summed E-state index contributed by atoms with van der Waals surface area (Å²) in [5.41, 5.74) is 1.52. The first-order valence-electron chi connectivity index (χ1n) is 8.55. The summed E-state index contributed by atoms with van der Waals surface area (Å²) in [4.78, 5) is 12.3. The van der Waals surface area contributed by atoms with Crippen molar-refractivity contribution in [3.63, 3.8) is 0 Å². The molecule has 2 fully saturated rings. The average molecular weight is 286 g/mol. The Bertz CT molecular complexity index is 546. The topological polar surface area (TPSA) is 37.3 Å². The highest BCUT2D eigenvalue weighted by Gasteiger charge is 2.57. The molecule has 1 unspecified atom stereocenters. The molecule has 2 heteroatoms. The summed E-state index contributed by atoms with van der Waals surface area (Å²) in [6.07, 6.45) is 12.4. The van der Waals surface area contributed by atoms with Crippen LogP contribution in [0.4, 0.5) is 0 Å². The van der Waals surface area contributed by atoms with Crippen molar-refractivity contribution >= 4 is 5.78 Å². The van der Waals surface area contributed by atoms with E-state index in [0.29, 0.717) is 23.5 Å². The average Bonchev–Trinajstić information content (AvgIpc) is 2.76. The lowest BCUT2D eigenvalue weighted by atomic mass is 9.49. The quantitative estimate of drug-likeness (QED) is 0.690. The minimum Gasteiger partial charge on any atom is -0.389 e. The molecule has 2 nitrogen and oxygen atoms in total. The van der Waals surface area contributed by atoms with E-state index in [4.69, 9.17) is 0 Å². The maximum atomic E-state index is 12.3. The van der Waals surface area contributed by atoms with Crippen LogP contribution in [0.3, 0.4) is 0 Å². The van der Waals surface area contributed by atoms with E-state index in [1.165, 1.54) is 5.57 Å². The van der Waals surface area contributed by atoms with Crippen LogP contribution < -0.4 is 0 Å². The van der Waals surface area contributed by atoms with Gasteiger partial charge in [0.1, 0.15) is 5.78 Å². The van der Waals surface area contributed by atoms with E-state index in [9.17, 15) is 9.90 Å². The zero-order chi connectivity index (χ0) is 14.8. The second-order valence-corrected chi connectivity index (χ2v) is 8.17. The summed E-state index contributed by atoms with van der Waals surface area (Å²) in [5, 5.41) is 9.91. The minimum absolute atomic E-state index is 0.0409. The van der Waals surface area contributed by atoms with Crippen LogP contribution in [0.5, 0.6) is 0 Å². The van der Waals surface area contributed by atoms with Crippen LogP contribution in [0.15, 0.2) is 23.8 Å². The van der Waals surface area contributed by atoms with Gasteiger partial charge in [-0.05, 0) is 49.9 Å². The lowest BCUT2D eigenvalue weighted by molar-refractivity contribution is -0.131. The van der Waals surface area contributed by atoms with E-state index < -0.39 is 0 Å². The Labute approximate surface area is 127 Å². The number of aliphatic hydroxyl groups is 1. The summed E-state index contributed by atoms with van der Waals surface area (Å²) in [6, 6.07) is 0. The molecule has 0 aliphatic heterocycles. The predicted molar refractivity (Wildman–Crippen MR) is 82.6 cm³/mol. The molecule has 114 valence electrons. The highest BCUT2D eigenvalue weighted by molar-refractivity contribution is 5.87. The van der Waals surface area contributed by atoms with Crippen molar-refractivity contribution in [2.45, 2.75) is 58.5 Å². The van der Waals surface area contributed by atoms with E-state index in [1.54, 1.807) is 0 Å². The maximum Gasteiger partial charge on any atom is 0.139 e. The number of hydrogen-bond donors (Lipinski definition) is 1. The summed E-state index contributed by atoms with van der Waals surface area (Å²) in [7, 11) is 0. The fourth-order valence-electron chi connectivity index (χ4n) is 6.01. The van der Waals surface area contributed by atoms with Gasteiger partial charge in [-0.2, -0.15) is 0 Å². The van der Waals surface area contributed by atoms with E-state index >= 15 is 0 Å². The number of Topliss-reactive ketones (excluding diaryl/α,β-unsaturated/α-hetero) is 1. The number of ketones is 1. The van der Waals surface area contributed by atoms with Crippen LogP contribution in [0.1, 0.15) is 52.4 Å². The molecule has 0 radical (unpaired) electrons. The Morgan fingerprint density at radius 3 is 2.86 bits per heavy atom. The second-order valence-electron chi connectivity index (χ2n) is 8.17. The van der Waals surface area contributed by atoms with Crippen molar-refractivity contribution in [3.05, 3.63) is 23.8 Å². The van der Waals surface area contributed by atoms with Crippen molar-refractivity contribution in [1.82, 2.24) is 0 Å². The van der Waals surface area contributed by atoms with Gasteiger partial charge in [-0.3, -0.25) is 4.79 Å². The largest absolute Gasteiger partial charge is 0.389 e. The summed E-state index contributed by atoms with van der Waals surface area (Å²) in [5.74, 6) is 2.41. The van der Waals surface area contributed by atoms with Gasteiger partial charge in [-0.1, -0.05) is 37.6 Å². The van der Waals surface area contributed by atoms with E-state index in [1.807, 2.05) is 6.08 Å². The SMILES string of the molecule is C[C@]12C=CC(O)CC1=CC[C@@H]1[C@H]2CC[C@]2(C)C(=O)CC[C@@H]12. The van der Waals surface area contributed by atoms with Crippen molar-refractivity contribution in [1.29, 1.82) is 0 Å². The first-order valence-corrected chi connectivity index (χ1v) is 8.55. The maximum absolute atomic E-state index is 12.3. The minimum atomic E-state index is -0.303. The number of fused-ring (bicyclic) bond motifs is 5. The molecule has 0 aromatic carbocycles. The first kappa shape index (κ1) is 13.8. The Kier molecular flexibility index (Phi) is 2.83. The Morgan fingerprint density at radius 1 is 1.24 bits per heavy atom. The Balaban J connectivity index is 1.72. The molecule has 0 heterocycles. The van der Waals surface area contributed by atoms with Gasteiger partial charge in [-0.25, -0.2) is 0 Å². The van der Waals surface area contributed by atoms with Crippen LogP contribution >= 0.6 is 0 Å². The van der Waals surface area contributed by atoms with Gasteiger partial charge in [0.15, 0.2) is 0 Å². The third-order valence-corrected chi connectivity index (χ3v) is 7.34. The second kappa shape index (κ2) is 4.32. The van der Waals surface area contributed by atoms with Gasteiger partial charge in [0.2, 0.25) is 0 Å². The predicted octanol–water partition coefficient (Wildman–Crippen LogP) is 3.66. The van der Waals surface area contributed by atoms with Crippen LogP contribution in [0.25, 0.3) is 0 Å². The number of rotatable bonds is 0. The molecule has 0 aromatic heterocycles. The molecule has 0 aromatic rings. The van der Waals surface area contributed by atoms with Crippen LogP contribution in [0, 0.1) is 28.6 Å². The third-order valence-electron chi connectivity index (χ3n) is 7.34. The molecule has 0 saturated heterocycles. The van der Waals surface area contributed by atoms with Gasteiger partial charge < -0.3 is 5.11 Å². The van der Waals surface area contributed by atoms with Gasteiger partial charge >= 0.3 is 0 Å². The smallest absolute Gasteiger partial charge is 0.139 e. The van der Waals surface area contributed by atoms with Crippen molar-refractivity contribution in [2.75, 3.05) is 0 Å². The number of carbonyl (C=O) groups excluding carboxylic acids is 1. The lowest BCUT2D eigenvalue weighted by Gasteiger charge is -2.55. The molecule has 21 heavy (non-hydrogen) atoms. The lowest BCUT2D eigenvalue weighted by Crippen LogP contribution is -2.49. The highest BCUT2D eigenvalue weighted by Crippen LogP contribution is 2.62. The molecule has 2 saturated carbocycles. The van der Waals surface area contributed by atoms with E-state index in [2.05, 4.69) is 26.0 Å². The van der Waals surface area contributed by atoms with Gasteiger partial charge in [-0.15, -0.1) is 0 Å². The Hall–Kier alpha value is -0.890. The molecule has 4 aliphatic carbocycles. The zero-order valence-electron chi connectivity index (χ0n) is 13.1. The molecule has 0 spiro atoms. The fraction of sp³-hybridized carbons (Fsp3) is 0.737. The molecule has 0 bridgehead atoms. The molecular weight excluding hydrogens is 260 g/mol. The van der Waals surface area contributed by atoms with Crippen LogP contribution in [-0.2, 0) is 4.79 Å². The number of allylic oxidation sites excluding steroid dienone is 2.